The number of hydrogen-bond donors (Lipinski definition) is 0. The first-order valence-electron chi connectivity index (χ1n) is 6.98. The topological polar surface area (TPSA) is 46.2 Å². The van der Waals surface area contributed by atoms with Crippen molar-refractivity contribution >= 4 is 0 Å². The standard InChI is InChI=1S/C5H10O.2C4H8O2/c1-2-4-6-5-3-1;1-2-6-4-3-5-1;1-2-4-6-5-3-1/h1-5H2;2*1-4H2. The maximum atomic E-state index is 5.07. The van der Waals surface area contributed by atoms with Crippen LogP contribution in [-0.2, 0) is 24.0 Å². The molecule has 0 aromatic heterocycles. The van der Waals surface area contributed by atoms with Gasteiger partial charge < -0.3 is 14.2 Å². The van der Waals surface area contributed by atoms with Gasteiger partial charge in [-0.3, -0.25) is 0 Å². The fourth-order valence-corrected chi connectivity index (χ4v) is 1.57. The van der Waals surface area contributed by atoms with E-state index in [9.17, 15) is 0 Å². The van der Waals surface area contributed by atoms with Crippen LogP contribution in [-0.4, -0.2) is 52.9 Å². The Bertz CT molecular complexity index is 90.4. The highest BCUT2D eigenvalue weighted by Gasteiger charge is 1.96. The molecule has 0 saturated carbocycles. The van der Waals surface area contributed by atoms with Crippen molar-refractivity contribution in [3.8, 4) is 0 Å². The molecule has 108 valence electrons. The molecule has 0 atom stereocenters. The third-order valence-electron chi connectivity index (χ3n) is 2.61. The third kappa shape index (κ3) is 10.9. The van der Waals surface area contributed by atoms with Gasteiger partial charge in [0.05, 0.1) is 39.6 Å². The van der Waals surface area contributed by atoms with Crippen LogP contribution in [0.1, 0.15) is 32.1 Å². The van der Waals surface area contributed by atoms with Gasteiger partial charge in [-0.05, 0) is 32.1 Å². The Balaban J connectivity index is 0.000000135. The van der Waals surface area contributed by atoms with E-state index in [1.807, 2.05) is 0 Å². The lowest BCUT2D eigenvalue weighted by molar-refractivity contribution is -0.312. The number of ether oxygens (including phenoxy) is 3. The van der Waals surface area contributed by atoms with Gasteiger partial charge in [0.15, 0.2) is 0 Å². The molecule has 0 aromatic rings. The van der Waals surface area contributed by atoms with Crippen molar-refractivity contribution in [3.05, 3.63) is 0 Å². The Kier molecular flexibility index (Phi) is 11.7. The molecule has 0 N–H and O–H groups in total. The molecule has 5 heteroatoms. The molecular weight excluding hydrogens is 236 g/mol. The fraction of sp³-hybridized carbons (Fsp3) is 1.00. The fourth-order valence-electron chi connectivity index (χ4n) is 1.57. The number of hydrogen-bond acceptors (Lipinski definition) is 5. The summed E-state index contributed by atoms with van der Waals surface area (Å²) in [7, 11) is 0. The average molecular weight is 262 g/mol. The summed E-state index contributed by atoms with van der Waals surface area (Å²) in [6.07, 6.45) is 6.24. The van der Waals surface area contributed by atoms with Gasteiger partial charge in [0.2, 0.25) is 0 Å². The summed E-state index contributed by atoms with van der Waals surface area (Å²) in [5.74, 6) is 0. The highest BCUT2D eigenvalue weighted by Crippen LogP contribution is 2.02. The smallest absolute Gasteiger partial charge is 0.0823 e. The van der Waals surface area contributed by atoms with Crippen LogP contribution < -0.4 is 0 Å². The second-order valence-corrected chi connectivity index (χ2v) is 4.25. The van der Waals surface area contributed by atoms with Gasteiger partial charge in [0.1, 0.15) is 0 Å². The zero-order valence-corrected chi connectivity index (χ0v) is 11.2. The summed E-state index contributed by atoms with van der Waals surface area (Å²) >= 11 is 0. The largest absolute Gasteiger partial charge is 0.381 e. The van der Waals surface area contributed by atoms with Crippen molar-refractivity contribution in [1.29, 1.82) is 0 Å². The Hall–Kier alpha value is -0.200. The predicted molar refractivity (Wildman–Crippen MR) is 67.4 cm³/mol. The molecule has 3 rings (SSSR count). The third-order valence-corrected chi connectivity index (χ3v) is 2.61. The van der Waals surface area contributed by atoms with Gasteiger partial charge in [-0.1, -0.05) is 0 Å². The second kappa shape index (κ2) is 13.2. The summed E-state index contributed by atoms with van der Waals surface area (Å²) in [4.78, 5) is 9.14. The van der Waals surface area contributed by atoms with Crippen LogP contribution in [0.4, 0.5) is 0 Å². The molecular formula is C13H26O5. The van der Waals surface area contributed by atoms with Crippen LogP contribution in [0.2, 0.25) is 0 Å². The van der Waals surface area contributed by atoms with E-state index in [0.717, 1.165) is 65.7 Å². The Morgan fingerprint density at radius 1 is 0.333 bits per heavy atom. The van der Waals surface area contributed by atoms with E-state index in [4.69, 9.17) is 14.2 Å². The molecule has 3 heterocycles. The molecule has 3 aliphatic heterocycles. The summed E-state index contributed by atoms with van der Waals surface area (Å²) in [6, 6.07) is 0. The van der Waals surface area contributed by atoms with Crippen molar-refractivity contribution in [1.82, 2.24) is 0 Å². The van der Waals surface area contributed by atoms with Crippen molar-refractivity contribution in [2.75, 3.05) is 52.9 Å². The van der Waals surface area contributed by atoms with Crippen LogP contribution in [0.15, 0.2) is 0 Å². The predicted octanol–water partition coefficient (Wildman–Crippen LogP) is 1.95. The van der Waals surface area contributed by atoms with Crippen molar-refractivity contribution in [3.63, 3.8) is 0 Å². The Morgan fingerprint density at radius 2 is 0.722 bits per heavy atom. The maximum Gasteiger partial charge on any atom is 0.0823 e. The second-order valence-electron chi connectivity index (χ2n) is 4.25. The Morgan fingerprint density at radius 3 is 0.889 bits per heavy atom. The van der Waals surface area contributed by atoms with Gasteiger partial charge in [-0.2, -0.15) is 0 Å². The lowest BCUT2D eigenvalue weighted by Crippen LogP contribution is -2.16. The summed E-state index contributed by atoms with van der Waals surface area (Å²) in [5.41, 5.74) is 0. The van der Waals surface area contributed by atoms with Crippen LogP contribution in [0, 0.1) is 0 Å². The van der Waals surface area contributed by atoms with Crippen molar-refractivity contribution in [2.45, 2.75) is 32.1 Å². The highest BCUT2D eigenvalue weighted by molar-refractivity contribution is 4.45. The molecule has 5 nitrogen and oxygen atoms in total. The van der Waals surface area contributed by atoms with Crippen LogP contribution >= 0.6 is 0 Å². The SMILES string of the molecule is C1CCOCC1.C1CCOOC1.C1COCCO1. The van der Waals surface area contributed by atoms with E-state index >= 15 is 0 Å². The minimum absolute atomic E-state index is 0.778. The molecule has 0 unspecified atom stereocenters. The van der Waals surface area contributed by atoms with Crippen molar-refractivity contribution < 1.29 is 24.0 Å². The lowest BCUT2D eigenvalue weighted by atomic mass is 10.2. The maximum absolute atomic E-state index is 5.07. The van der Waals surface area contributed by atoms with E-state index in [0.29, 0.717) is 0 Å². The summed E-state index contributed by atoms with van der Waals surface area (Å²) < 4.78 is 15.0. The first kappa shape index (κ1) is 15.9. The number of rotatable bonds is 0. The minimum atomic E-state index is 0.778. The molecule has 0 spiro atoms. The zero-order valence-electron chi connectivity index (χ0n) is 11.2. The molecule has 3 fully saturated rings. The van der Waals surface area contributed by atoms with Crippen LogP contribution in [0.3, 0.4) is 0 Å². The highest BCUT2D eigenvalue weighted by atomic mass is 17.2. The first-order valence-corrected chi connectivity index (χ1v) is 6.98. The van der Waals surface area contributed by atoms with Gasteiger partial charge in [0.25, 0.3) is 0 Å². The van der Waals surface area contributed by atoms with E-state index < -0.39 is 0 Å². The van der Waals surface area contributed by atoms with Gasteiger partial charge in [0, 0.05) is 13.2 Å². The summed E-state index contributed by atoms with van der Waals surface area (Å²) in [6.45, 7) is 6.67. The molecule has 0 bridgehead atoms. The van der Waals surface area contributed by atoms with Gasteiger partial charge in [-0.15, -0.1) is 0 Å². The normalized spacial score (nSPS) is 24.0. The average Bonchev–Trinajstić information content (AvgIpc) is 2.54. The lowest BCUT2D eigenvalue weighted by Gasteiger charge is -2.09. The van der Waals surface area contributed by atoms with E-state index in [1.165, 1.54) is 19.3 Å². The van der Waals surface area contributed by atoms with E-state index in [1.54, 1.807) is 0 Å². The molecule has 0 aromatic carbocycles. The molecule has 3 saturated heterocycles. The molecule has 0 aliphatic carbocycles. The molecule has 3 aliphatic rings. The van der Waals surface area contributed by atoms with Gasteiger partial charge in [-0.25, -0.2) is 9.78 Å². The quantitative estimate of drug-likeness (QED) is 0.624. The Labute approximate surface area is 110 Å². The van der Waals surface area contributed by atoms with E-state index in [-0.39, 0.29) is 0 Å². The first-order chi connectivity index (χ1) is 9.00. The molecule has 18 heavy (non-hydrogen) atoms. The minimum Gasteiger partial charge on any atom is -0.381 e. The zero-order chi connectivity index (χ0) is 12.7. The van der Waals surface area contributed by atoms with Crippen LogP contribution in [0.25, 0.3) is 0 Å². The monoisotopic (exact) mass is 262 g/mol. The van der Waals surface area contributed by atoms with Crippen LogP contribution in [0.5, 0.6) is 0 Å². The summed E-state index contributed by atoms with van der Waals surface area (Å²) in [5, 5.41) is 0. The molecule has 0 radical (unpaired) electrons. The van der Waals surface area contributed by atoms with E-state index in [2.05, 4.69) is 9.78 Å². The van der Waals surface area contributed by atoms with Crippen molar-refractivity contribution in [2.24, 2.45) is 0 Å². The molecule has 0 amide bonds. The van der Waals surface area contributed by atoms with Gasteiger partial charge >= 0.3 is 0 Å².